The van der Waals surface area contributed by atoms with E-state index in [1.807, 2.05) is 24.3 Å². The number of ether oxygens (including phenoxy) is 1. The van der Waals surface area contributed by atoms with E-state index in [1.165, 1.54) is 5.56 Å². The number of pyridine rings is 1. The van der Waals surface area contributed by atoms with Crippen LogP contribution in [0.4, 0.5) is 0 Å². The molecule has 1 fully saturated rings. The zero-order valence-corrected chi connectivity index (χ0v) is 14.6. The minimum absolute atomic E-state index is 0.0358. The highest BCUT2D eigenvalue weighted by molar-refractivity contribution is 5.94. The number of likely N-dealkylation sites (tertiary alicyclic amines) is 1. The number of nitrogens with one attached hydrogen (secondary N) is 1. The van der Waals surface area contributed by atoms with Crippen LogP contribution in [0.2, 0.25) is 0 Å². The number of amides is 1. The van der Waals surface area contributed by atoms with Crippen molar-refractivity contribution >= 4 is 5.91 Å². The van der Waals surface area contributed by atoms with Gasteiger partial charge in [-0.15, -0.1) is 0 Å². The van der Waals surface area contributed by atoms with Crippen molar-refractivity contribution in [1.82, 2.24) is 20.1 Å². The minimum atomic E-state index is -0.0556. The summed E-state index contributed by atoms with van der Waals surface area (Å²) in [5.41, 5.74) is 3.40. The first-order chi connectivity index (χ1) is 12.7. The van der Waals surface area contributed by atoms with E-state index < -0.39 is 0 Å². The second kappa shape index (κ2) is 7.00. The number of hydrogen-bond acceptors (Lipinski definition) is 4. The van der Waals surface area contributed by atoms with E-state index in [9.17, 15) is 4.79 Å². The van der Waals surface area contributed by atoms with Gasteiger partial charge in [0.05, 0.1) is 18.8 Å². The lowest BCUT2D eigenvalue weighted by atomic mass is 10.1. The Balaban J connectivity index is 1.35. The third-order valence-corrected chi connectivity index (χ3v) is 4.53. The molecule has 0 spiro atoms. The lowest BCUT2D eigenvalue weighted by Gasteiger charge is -2.38. The van der Waals surface area contributed by atoms with Crippen molar-refractivity contribution in [3.63, 3.8) is 0 Å². The van der Waals surface area contributed by atoms with E-state index in [1.54, 1.807) is 23.4 Å². The topological polar surface area (TPSA) is 71.1 Å². The molecule has 0 bridgehead atoms. The van der Waals surface area contributed by atoms with E-state index in [4.69, 9.17) is 4.74 Å². The molecule has 132 valence electrons. The van der Waals surface area contributed by atoms with Crippen molar-refractivity contribution in [1.29, 1.82) is 0 Å². The smallest absolute Gasteiger partial charge is 0.272 e. The molecule has 0 unspecified atom stereocenters. The molecule has 4 rings (SSSR count). The highest BCUT2D eigenvalue weighted by Crippen LogP contribution is 2.22. The van der Waals surface area contributed by atoms with Gasteiger partial charge in [-0.1, -0.05) is 19.1 Å². The van der Waals surface area contributed by atoms with Gasteiger partial charge in [0.25, 0.3) is 5.91 Å². The van der Waals surface area contributed by atoms with E-state index in [2.05, 4.69) is 34.2 Å². The fourth-order valence-electron chi connectivity index (χ4n) is 2.98. The summed E-state index contributed by atoms with van der Waals surface area (Å²) in [5, 5.41) is 7.05. The second-order valence-corrected chi connectivity index (χ2v) is 6.35. The molecule has 6 heteroatoms. The Bertz CT molecular complexity index is 901. The number of H-pyrrole nitrogens is 1. The lowest BCUT2D eigenvalue weighted by Crippen LogP contribution is -2.56. The van der Waals surface area contributed by atoms with E-state index in [0.29, 0.717) is 18.8 Å². The van der Waals surface area contributed by atoms with Gasteiger partial charge in [0.1, 0.15) is 17.5 Å². The van der Waals surface area contributed by atoms with Crippen LogP contribution in [-0.2, 0) is 6.42 Å². The van der Waals surface area contributed by atoms with Crippen molar-refractivity contribution in [3.05, 3.63) is 66.1 Å². The molecule has 0 saturated carbocycles. The van der Waals surface area contributed by atoms with Crippen LogP contribution in [0.15, 0.2) is 54.9 Å². The van der Waals surface area contributed by atoms with Gasteiger partial charge in [0.2, 0.25) is 0 Å². The molecule has 1 aliphatic rings. The first kappa shape index (κ1) is 16.3. The van der Waals surface area contributed by atoms with Crippen LogP contribution >= 0.6 is 0 Å². The third kappa shape index (κ3) is 3.31. The van der Waals surface area contributed by atoms with Crippen LogP contribution in [0.25, 0.3) is 11.3 Å². The maximum atomic E-state index is 12.6. The normalized spacial score (nSPS) is 14.1. The summed E-state index contributed by atoms with van der Waals surface area (Å²) in [7, 11) is 0. The van der Waals surface area contributed by atoms with Crippen LogP contribution in [0.3, 0.4) is 0 Å². The quantitative estimate of drug-likeness (QED) is 0.769. The summed E-state index contributed by atoms with van der Waals surface area (Å²) < 4.78 is 5.96. The molecule has 0 atom stereocenters. The van der Waals surface area contributed by atoms with E-state index >= 15 is 0 Å². The molecule has 3 aromatic rings. The van der Waals surface area contributed by atoms with Crippen molar-refractivity contribution in [2.75, 3.05) is 13.1 Å². The average Bonchev–Trinajstić information content (AvgIpc) is 3.15. The summed E-state index contributed by atoms with van der Waals surface area (Å²) in [6, 6.07) is 13.6. The zero-order valence-electron chi connectivity index (χ0n) is 14.6. The molecular formula is C20H20N4O2. The monoisotopic (exact) mass is 348 g/mol. The second-order valence-electron chi connectivity index (χ2n) is 6.35. The first-order valence-electron chi connectivity index (χ1n) is 8.73. The number of hydrogen-bond donors (Lipinski definition) is 1. The van der Waals surface area contributed by atoms with Crippen molar-refractivity contribution < 1.29 is 9.53 Å². The van der Waals surface area contributed by atoms with Crippen LogP contribution in [0, 0.1) is 0 Å². The van der Waals surface area contributed by atoms with Crippen molar-refractivity contribution in [3.8, 4) is 17.0 Å². The Morgan fingerprint density at radius 2 is 2.04 bits per heavy atom. The maximum Gasteiger partial charge on any atom is 0.272 e. The molecule has 26 heavy (non-hydrogen) atoms. The highest BCUT2D eigenvalue weighted by atomic mass is 16.5. The highest BCUT2D eigenvalue weighted by Gasteiger charge is 2.33. The van der Waals surface area contributed by atoms with Crippen LogP contribution in [0.1, 0.15) is 23.0 Å². The largest absolute Gasteiger partial charge is 0.487 e. The number of aromatic nitrogens is 3. The number of carbonyl (C=O) groups excluding carboxylic acids is 1. The van der Waals surface area contributed by atoms with Gasteiger partial charge in [-0.3, -0.25) is 14.9 Å². The molecule has 0 radical (unpaired) electrons. The Hall–Kier alpha value is -3.15. The molecular weight excluding hydrogens is 328 g/mol. The molecule has 1 saturated heterocycles. The number of nitrogens with zero attached hydrogens (tertiary/aromatic N) is 3. The Morgan fingerprint density at radius 1 is 1.23 bits per heavy atom. The molecule has 1 aliphatic heterocycles. The third-order valence-electron chi connectivity index (χ3n) is 4.53. The predicted octanol–water partition coefficient (Wildman–Crippen LogP) is 2.94. The summed E-state index contributed by atoms with van der Waals surface area (Å²) in [4.78, 5) is 18.3. The number of rotatable bonds is 5. The van der Waals surface area contributed by atoms with Gasteiger partial charge in [-0.25, -0.2) is 0 Å². The Kier molecular flexibility index (Phi) is 4.39. The fraction of sp³-hybridized carbons (Fsp3) is 0.250. The summed E-state index contributed by atoms with van der Waals surface area (Å²) >= 11 is 0. The summed E-state index contributed by atoms with van der Waals surface area (Å²) in [5.74, 6) is 0.808. The standard InChI is InChI=1S/C20H20N4O2/c1-2-14-4-3-5-16(10-14)26-17-12-24(13-17)20(25)19-11-18(22-23-19)15-6-8-21-9-7-15/h3-11,17H,2,12-13H2,1H3,(H,22,23). The minimum Gasteiger partial charge on any atom is -0.487 e. The van der Waals surface area contributed by atoms with Crippen molar-refractivity contribution in [2.24, 2.45) is 0 Å². The van der Waals surface area contributed by atoms with Crippen LogP contribution in [0.5, 0.6) is 5.75 Å². The Morgan fingerprint density at radius 3 is 2.81 bits per heavy atom. The van der Waals surface area contributed by atoms with Gasteiger partial charge < -0.3 is 9.64 Å². The van der Waals surface area contributed by atoms with Gasteiger partial charge in [0, 0.05) is 18.0 Å². The van der Waals surface area contributed by atoms with Gasteiger partial charge in [-0.05, 0) is 42.3 Å². The predicted molar refractivity (Wildman–Crippen MR) is 98.0 cm³/mol. The molecule has 3 heterocycles. The maximum absolute atomic E-state index is 12.6. The molecule has 6 nitrogen and oxygen atoms in total. The molecule has 1 N–H and O–H groups in total. The summed E-state index contributed by atoms with van der Waals surface area (Å²) in [6.45, 7) is 3.28. The molecule has 1 aromatic carbocycles. The summed E-state index contributed by atoms with van der Waals surface area (Å²) in [6.07, 6.45) is 4.42. The lowest BCUT2D eigenvalue weighted by molar-refractivity contribution is 0.0173. The van der Waals surface area contributed by atoms with Crippen LogP contribution in [-0.4, -0.2) is 45.2 Å². The van der Waals surface area contributed by atoms with Gasteiger partial charge in [0.15, 0.2) is 0 Å². The number of aryl methyl sites for hydroxylation is 1. The van der Waals surface area contributed by atoms with Gasteiger partial charge in [-0.2, -0.15) is 5.10 Å². The average molecular weight is 348 g/mol. The van der Waals surface area contributed by atoms with E-state index in [-0.39, 0.29) is 12.0 Å². The van der Waals surface area contributed by atoms with Gasteiger partial charge >= 0.3 is 0 Å². The van der Waals surface area contributed by atoms with Crippen LogP contribution < -0.4 is 4.74 Å². The number of aromatic amines is 1. The molecule has 0 aliphatic carbocycles. The van der Waals surface area contributed by atoms with Crippen molar-refractivity contribution in [2.45, 2.75) is 19.4 Å². The fourth-order valence-corrected chi connectivity index (χ4v) is 2.98. The Labute approximate surface area is 151 Å². The SMILES string of the molecule is CCc1cccc(OC2CN(C(=O)c3cc(-c4ccncc4)n[nH]3)C2)c1. The number of carbonyl (C=O) groups is 1. The number of benzene rings is 1. The zero-order chi connectivity index (χ0) is 17.9. The first-order valence-corrected chi connectivity index (χ1v) is 8.73. The van der Waals surface area contributed by atoms with E-state index in [0.717, 1.165) is 23.4 Å². The molecule has 1 amide bonds. The molecule has 2 aromatic heterocycles.